The molecule has 162 valence electrons. The van der Waals surface area contributed by atoms with Gasteiger partial charge in [0.2, 0.25) is 5.91 Å². The molecule has 0 radical (unpaired) electrons. The van der Waals surface area contributed by atoms with Gasteiger partial charge in [0.05, 0.1) is 10.6 Å². The van der Waals surface area contributed by atoms with Crippen LogP contribution < -0.4 is 5.32 Å². The monoisotopic (exact) mass is 461 g/mol. The van der Waals surface area contributed by atoms with Crippen molar-refractivity contribution in [2.24, 2.45) is 0 Å². The van der Waals surface area contributed by atoms with Crippen LogP contribution in [0.4, 0.5) is 5.69 Å². The van der Waals surface area contributed by atoms with E-state index in [2.05, 4.69) is 51.9 Å². The standard InChI is InChI=1S/C25H23N3O2S2/c1-4-21(23(30)28-19-7-5-6-18(12-19)16(3)29)32-25-22-20(13-31-24(22)26-14-27-25)17-10-8-15(2)9-11-17/h5-14,21H,4H2,1-3H3,(H,28,30). The van der Waals surface area contributed by atoms with Gasteiger partial charge in [-0.1, -0.05) is 60.6 Å². The Balaban J connectivity index is 1.62. The van der Waals surface area contributed by atoms with E-state index in [9.17, 15) is 9.59 Å². The first kappa shape index (κ1) is 22.2. The van der Waals surface area contributed by atoms with Gasteiger partial charge in [0, 0.05) is 22.2 Å². The molecule has 32 heavy (non-hydrogen) atoms. The third kappa shape index (κ3) is 4.74. The average Bonchev–Trinajstić information content (AvgIpc) is 3.23. The molecule has 0 fully saturated rings. The molecule has 1 N–H and O–H groups in total. The highest BCUT2D eigenvalue weighted by atomic mass is 32.2. The lowest BCUT2D eigenvalue weighted by atomic mass is 10.1. The van der Waals surface area contributed by atoms with Crippen molar-refractivity contribution < 1.29 is 9.59 Å². The Morgan fingerprint density at radius 1 is 1.12 bits per heavy atom. The Hall–Kier alpha value is -3.03. The lowest BCUT2D eigenvalue weighted by Gasteiger charge is -2.15. The minimum Gasteiger partial charge on any atom is -0.325 e. The minimum atomic E-state index is -0.333. The van der Waals surface area contributed by atoms with Gasteiger partial charge in [-0.05, 0) is 38.0 Å². The molecule has 0 saturated carbocycles. The summed E-state index contributed by atoms with van der Waals surface area (Å²) in [6.45, 7) is 5.56. The van der Waals surface area contributed by atoms with Crippen molar-refractivity contribution in [3.05, 3.63) is 71.4 Å². The number of aryl methyl sites for hydroxylation is 1. The molecule has 0 saturated heterocycles. The van der Waals surface area contributed by atoms with Crippen molar-refractivity contribution >= 4 is 50.7 Å². The first-order chi connectivity index (χ1) is 15.5. The molecular formula is C25H23N3O2S2. The van der Waals surface area contributed by atoms with Crippen LogP contribution in [0.25, 0.3) is 21.3 Å². The number of hydrogen-bond acceptors (Lipinski definition) is 6. The topological polar surface area (TPSA) is 72.0 Å². The zero-order valence-corrected chi connectivity index (χ0v) is 19.7. The Morgan fingerprint density at radius 3 is 2.62 bits per heavy atom. The number of nitrogens with zero attached hydrogens (tertiary/aromatic N) is 2. The first-order valence-corrected chi connectivity index (χ1v) is 12.1. The highest BCUT2D eigenvalue weighted by molar-refractivity contribution is 8.00. The number of Topliss-reactive ketones (excluding diaryl/α,β-unsaturated/α-hetero) is 1. The summed E-state index contributed by atoms with van der Waals surface area (Å²) in [5.74, 6) is -0.149. The smallest absolute Gasteiger partial charge is 0.237 e. The summed E-state index contributed by atoms with van der Waals surface area (Å²) < 4.78 is 0. The Morgan fingerprint density at radius 2 is 1.91 bits per heavy atom. The van der Waals surface area contributed by atoms with Gasteiger partial charge >= 0.3 is 0 Å². The maximum atomic E-state index is 13.0. The molecule has 7 heteroatoms. The van der Waals surface area contributed by atoms with E-state index in [1.165, 1.54) is 24.2 Å². The van der Waals surface area contributed by atoms with Gasteiger partial charge in [0.1, 0.15) is 16.2 Å². The first-order valence-electron chi connectivity index (χ1n) is 10.3. The molecule has 5 nitrogen and oxygen atoms in total. The molecule has 0 bridgehead atoms. The predicted octanol–water partition coefficient (Wildman–Crippen LogP) is 6.38. The molecule has 0 spiro atoms. The van der Waals surface area contributed by atoms with E-state index in [0.29, 0.717) is 17.7 Å². The second kappa shape index (κ2) is 9.63. The number of hydrogen-bond donors (Lipinski definition) is 1. The fourth-order valence-electron chi connectivity index (χ4n) is 3.38. The van der Waals surface area contributed by atoms with Crippen LogP contribution in [0.1, 0.15) is 36.2 Å². The largest absolute Gasteiger partial charge is 0.325 e. The number of anilines is 1. The zero-order valence-electron chi connectivity index (χ0n) is 18.1. The molecule has 2 aromatic heterocycles. The number of thiophene rings is 1. The van der Waals surface area contributed by atoms with Gasteiger partial charge in [0.25, 0.3) is 0 Å². The zero-order chi connectivity index (χ0) is 22.7. The normalized spacial score (nSPS) is 12.0. The maximum Gasteiger partial charge on any atom is 0.237 e. The molecule has 4 rings (SSSR count). The quantitative estimate of drug-likeness (QED) is 0.196. The van der Waals surface area contributed by atoms with E-state index in [4.69, 9.17) is 0 Å². The number of carbonyl (C=O) groups excluding carboxylic acids is 2. The number of thioether (sulfide) groups is 1. The van der Waals surface area contributed by atoms with E-state index < -0.39 is 0 Å². The number of ketones is 1. The highest BCUT2D eigenvalue weighted by Gasteiger charge is 2.22. The van der Waals surface area contributed by atoms with E-state index in [0.717, 1.165) is 26.4 Å². The summed E-state index contributed by atoms with van der Waals surface area (Å²) in [5.41, 5.74) is 4.58. The van der Waals surface area contributed by atoms with Gasteiger partial charge in [-0.15, -0.1) is 11.3 Å². The Labute approximate surface area is 195 Å². The number of fused-ring (bicyclic) bond motifs is 1. The molecule has 1 amide bonds. The SMILES string of the molecule is CCC(Sc1ncnc2scc(-c3ccc(C)cc3)c12)C(=O)Nc1cccc(C(C)=O)c1. The summed E-state index contributed by atoms with van der Waals surface area (Å²) in [5, 5.41) is 6.50. The molecular weight excluding hydrogens is 438 g/mol. The summed E-state index contributed by atoms with van der Waals surface area (Å²) in [6.07, 6.45) is 2.19. The van der Waals surface area contributed by atoms with Crippen molar-refractivity contribution in [3.63, 3.8) is 0 Å². The number of aromatic nitrogens is 2. The average molecular weight is 462 g/mol. The lowest BCUT2D eigenvalue weighted by Crippen LogP contribution is -2.24. The van der Waals surface area contributed by atoms with Gasteiger partial charge in [-0.25, -0.2) is 9.97 Å². The summed E-state index contributed by atoms with van der Waals surface area (Å²) >= 11 is 3.03. The highest BCUT2D eigenvalue weighted by Crippen LogP contribution is 2.39. The van der Waals surface area contributed by atoms with Gasteiger partial charge < -0.3 is 5.32 Å². The van der Waals surface area contributed by atoms with E-state index in [-0.39, 0.29) is 16.9 Å². The molecule has 0 aliphatic heterocycles. The molecule has 2 heterocycles. The van der Waals surface area contributed by atoms with E-state index >= 15 is 0 Å². The van der Waals surface area contributed by atoms with E-state index in [1.807, 2.05) is 6.92 Å². The third-order valence-corrected chi connectivity index (χ3v) is 7.40. The number of rotatable bonds is 7. The van der Waals surface area contributed by atoms with Crippen molar-refractivity contribution in [2.45, 2.75) is 37.5 Å². The fourth-order valence-corrected chi connectivity index (χ4v) is 5.39. The van der Waals surface area contributed by atoms with Crippen LogP contribution in [0.2, 0.25) is 0 Å². The molecule has 2 aromatic carbocycles. The minimum absolute atomic E-state index is 0.0352. The Kier molecular flexibility index (Phi) is 6.67. The molecule has 0 aliphatic carbocycles. The van der Waals surface area contributed by atoms with Crippen LogP contribution >= 0.6 is 23.1 Å². The van der Waals surface area contributed by atoms with Crippen LogP contribution in [0.3, 0.4) is 0 Å². The predicted molar refractivity (Wildman–Crippen MR) is 133 cm³/mol. The lowest BCUT2D eigenvalue weighted by molar-refractivity contribution is -0.115. The Bertz CT molecular complexity index is 1280. The molecule has 1 unspecified atom stereocenters. The molecule has 4 aromatic rings. The van der Waals surface area contributed by atoms with Crippen molar-refractivity contribution in [3.8, 4) is 11.1 Å². The number of amides is 1. The van der Waals surface area contributed by atoms with Crippen molar-refractivity contribution in [2.75, 3.05) is 5.32 Å². The van der Waals surface area contributed by atoms with Crippen LogP contribution in [0.15, 0.2) is 65.3 Å². The summed E-state index contributed by atoms with van der Waals surface area (Å²) in [7, 11) is 0. The van der Waals surface area contributed by atoms with Gasteiger partial charge in [-0.3, -0.25) is 9.59 Å². The maximum absolute atomic E-state index is 13.0. The van der Waals surface area contributed by atoms with Gasteiger partial charge in [-0.2, -0.15) is 0 Å². The second-order valence-electron chi connectivity index (χ2n) is 7.52. The van der Waals surface area contributed by atoms with Crippen LogP contribution in [0, 0.1) is 6.92 Å². The number of nitrogens with one attached hydrogen (secondary N) is 1. The van der Waals surface area contributed by atoms with Crippen LogP contribution in [0.5, 0.6) is 0 Å². The third-order valence-electron chi connectivity index (χ3n) is 5.15. The molecule has 0 aliphatic rings. The molecule has 1 atom stereocenters. The number of carbonyl (C=O) groups is 2. The van der Waals surface area contributed by atoms with E-state index in [1.54, 1.807) is 41.9 Å². The second-order valence-corrected chi connectivity index (χ2v) is 9.56. The number of benzene rings is 2. The fraction of sp³-hybridized carbons (Fsp3) is 0.200. The summed E-state index contributed by atoms with van der Waals surface area (Å²) in [4.78, 5) is 34.6. The van der Waals surface area contributed by atoms with Crippen LogP contribution in [-0.2, 0) is 4.79 Å². The van der Waals surface area contributed by atoms with Crippen molar-refractivity contribution in [1.29, 1.82) is 0 Å². The van der Waals surface area contributed by atoms with Gasteiger partial charge in [0.15, 0.2) is 5.78 Å². The van der Waals surface area contributed by atoms with Crippen LogP contribution in [-0.4, -0.2) is 26.9 Å². The van der Waals surface area contributed by atoms with Crippen molar-refractivity contribution in [1.82, 2.24) is 9.97 Å². The summed E-state index contributed by atoms with van der Waals surface area (Å²) in [6, 6.07) is 15.4.